The third-order valence-electron chi connectivity index (χ3n) is 9.89. The molecule has 0 aromatic rings. The molecule has 0 spiro atoms. The monoisotopic (exact) mass is 693 g/mol. The molecule has 0 aliphatic rings. The summed E-state index contributed by atoms with van der Waals surface area (Å²) >= 11 is 0. The third-order valence-corrected chi connectivity index (χ3v) is 9.89. The average molecular weight is 693 g/mol. The van der Waals surface area contributed by atoms with Crippen LogP contribution in [0.25, 0.3) is 0 Å². The van der Waals surface area contributed by atoms with Gasteiger partial charge >= 0.3 is 0 Å². The molecule has 0 saturated carbocycles. The molecule has 6 nitrogen and oxygen atoms in total. The highest BCUT2D eigenvalue weighted by molar-refractivity contribution is 5.83. The van der Waals surface area contributed by atoms with Gasteiger partial charge in [-0.3, -0.25) is 14.4 Å². The Labute approximate surface area is 302 Å². The van der Waals surface area contributed by atoms with Crippen LogP contribution >= 0.6 is 0 Å². The van der Waals surface area contributed by atoms with Gasteiger partial charge in [-0.25, -0.2) is 0 Å². The maximum absolute atomic E-state index is 12.2. The SMILES string of the molecule is CCCCCC(=O)CCCCCCCCCCCCCCCC(=O)CCCCCCCC/C=C\CCCCCCCC(=O)C(O)C(O)CO. The molecule has 288 valence electrons. The largest absolute Gasteiger partial charge is 0.394 e. The number of allylic oxidation sites excluding steroid dienone is 2. The quantitative estimate of drug-likeness (QED) is 0.0435. The van der Waals surface area contributed by atoms with E-state index in [1.54, 1.807) is 0 Å². The number of rotatable bonds is 40. The van der Waals surface area contributed by atoms with Crippen molar-refractivity contribution < 1.29 is 29.7 Å². The van der Waals surface area contributed by atoms with Gasteiger partial charge in [0.2, 0.25) is 0 Å². The molecule has 0 aliphatic heterocycles. The van der Waals surface area contributed by atoms with Crippen molar-refractivity contribution >= 4 is 17.3 Å². The number of hydrogen-bond donors (Lipinski definition) is 3. The van der Waals surface area contributed by atoms with Crippen LogP contribution in [0.5, 0.6) is 0 Å². The Morgan fingerprint density at radius 3 is 1.04 bits per heavy atom. The molecular formula is C43H80O6. The van der Waals surface area contributed by atoms with E-state index in [0.29, 0.717) is 11.6 Å². The van der Waals surface area contributed by atoms with E-state index in [0.717, 1.165) is 96.3 Å². The normalized spacial score (nSPS) is 12.9. The molecular weight excluding hydrogens is 612 g/mol. The molecule has 0 fully saturated rings. The Morgan fingerprint density at radius 1 is 0.429 bits per heavy atom. The molecule has 0 aliphatic carbocycles. The average Bonchev–Trinajstić information content (AvgIpc) is 3.10. The molecule has 0 aromatic carbocycles. The second kappa shape index (κ2) is 37.9. The summed E-state index contributed by atoms with van der Waals surface area (Å²) in [5.74, 6) is 0.552. The number of aliphatic hydroxyl groups is 3. The van der Waals surface area contributed by atoms with Crippen LogP contribution in [0.15, 0.2) is 12.2 Å². The van der Waals surface area contributed by atoms with Gasteiger partial charge in [0.15, 0.2) is 5.78 Å². The Kier molecular flexibility index (Phi) is 36.8. The van der Waals surface area contributed by atoms with Crippen LogP contribution < -0.4 is 0 Å². The molecule has 0 aromatic heterocycles. The maximum atomic E-state index is 12.2. The summed E-state index contributed by atoms with van der Waals surface area (Å²) in [4.78, 5) is 35.7. The zero-order chi connectivity index (χ0) is 36.0. The van der Waals surface area contributed by atoms with E-state index >= 15 is 0 Å². The first-order valence-electron chi connectivity index (χ1n) is 21.1. The van der Waals surface area contributed by atoms with Crippen LogP contribution in [0.4, 0.5) is 0 Å². The zero-order valence-corrected chi connectivity index (χ0v) is 32.1. The summed E-state index contributed by atoms with van der Waals surface area (Å²) in [6.45, 7) is 1.59. The van der Waals surface area contributed by atoms with Gasteiger partial charge in [-0.1, -0.05) is 147 Å². The fraction of sp³-hybridized carbons (Fsp3) is 0.884. The lowest BCUT2D eigenvalue weighted by molar-refractivity contribution is -0.134. The van der Waals surface area contributed by atoms with Gasteiger partial charge in [-0.15, -0.1) is 0 Å². The van der Waals surface area contributed by atoms with Gasteiger partial charge in [0.25, 0.3) is 0 Å². The second-order valence-corrected chi connectivity index (χ2v) is 14.7. The summed E-state index contributed by atoms with van der Waals surface area (Å²) in [5, 5.41) is 27.6. The van der Waals surface area contributed by atoms with Crippen LogP contribution in [-0.2, 0) is 14.4 Å². The predicted octanol–water partition coefficient (Wildman–Crippen LogP) is 11.2. The number of Topliss-reactive ketones (excluding diaryl/α,β-unsaturated/α-hetero) is 3. The Balaban J connectivity index is 3.30. The Hall–Kier alpha value is -1.37. The van der Waals surface area contributed by atoms with E-state index in [1.807, 2.05) is 0 Å². The van der Waals surface area contributed by atoms with E-state index in [4.69, 9.17) is 5.11 Å². The van der Waals surface area contributed by atoms with Crippen molar-refractivity contribution in [2.45, 2.75) is 237 Å². The summed E-state index contributed by atoms with van der Waals surface area (Å²) in [6, 6.07) is 0. The smallest absolute Gasteiger partial charge is 0.164 e. The van der Waals surface area contributed by atoms with Gasteiger partial charge < -0.3 is 15.3 Å². The highest BCUT2D eigenvalue weighted by Gasteiger charge is 2.22. The first-order valence-corrected chi connectivity index (χ1v) is 21.1. The molecule has 2 atom stereocenters. The zero-order valence-electron chi connectivity index (χ0n) is 32.1. The van der Waals surface area contributed by atoms with Crippen molar-refractivity contribution in [2.75, 3.05) is 6.61 Å². The molecule has 0 saturated heterocycles. The molecule has 6 heteroatoms. The molecule has 3 N–H and O–H groups in total. The van der Waals surface area contributed by atoms with E-state index in [1.165, 1.54) is 116 Å². The van der Waals surface area contributed by atoms with Crippen LogP contribution in [0.1, 0.15) is 225 Å². The van der Waals surface area contributed by atoms with Crippen LogP contribution in [0.2, 0.25) is 0 Å². The molecule has 0 radical (unpaired) electrons. The lowest BCUT2D eigenvalue weighted by Crippen LogP contribution is -2.36. The minimum Gasteiger partial charge on any atom is -0.394 e. The fourth-order valence-electron chi connectivity index (χ4n) is 6.49. The van der Waals surface area contributed by atoms with Gasteiger partial charge in [0.1, 0.15) is 23.8 Å². The number of carbonyl (C=O) groups is 3. The molecule has 0 bridgehead atoms. The summed E-state index contributed by atoms with van der Waals surface area (Å²) < 4.78 is 0. The standard InChI is InChI=1S/C43H80O6/c1-2-3-28-33-39(45)34-29-24-20-16-13-9-7-10-14-18-22-26-31-36-40(46)35-30-25-21-17-12-8-5-4-6-11-15-19-23-27-32-37-41(47)43(49)42(48)38-44/h4,6,42-44,48-49H,2-3,5,7-38H2,1H3/b6-4-. The van der Waals surface area contributed by atoms with Crippen molar-refractivity contribution in [1.82, 2.24) is 0 Å². The Bertz CT molecular complexity index is 778. The highest BCUT2D eigenvalue weighted by Crippen LogP contribution is 2.16. The number of aliphatic hydroxyl groups excluding tert-OH is 3. The second-order valence-electron chi connectivity index (χ2n) is 14.7. The van der Waals surface area contributed by atoms with Crippen molar-refractivity contribution in [3.8, 4) is 0 Å². The van der Waals surface area contributed by atoms with E-state index in [-0.39, 0.29) is 12.2 Å². The lowest BCUT2D eigenvalue weighted by Gasteiger charge is -2.13. The van der Waals surface area contributed by atoms with Crippen molar-refractivity contribution in [2.24, 2.45) is 0 Å². The summed E-state index contributed by atoms with van der Waals surface area (Å²) in [5.41, 5.74) is 0. The number of unbranched alkanes of at least 4 members (excludes halogenated alkanes) is 25. The topological polar surface area (TPSA) is 112 Å². The van der Waals surface area contributed by atoms with Gasteiger partial charge in [0.05, 0.1) is 6.61 Å². The third kappa shape index (κ3) is 34.8. The van der Waals surface area contributed by atoms with Gasteiger partial charge in [-0.05, 0) is 57.8 Å². The van der Waals surface area contributed by atoms with Crippen molar-refractivity contribution in [3.05, 3.63) is 12.2 Å². The molecule has 0 amide bonds. The fourth-order valence-corrected chi connectivity index (χ4v) is 6.49. The minimum absolute atomic E-state index is 0.255. The number of hydrogen-bond acceptors (Lipinski definition) is 6. The highest BCUT2D eigenvalue weighted by atomic mass is 16.4. The van der Waals surface area contributed by atoms with Crippen LogP contribution in [0.3, 0.4) is 0 Å². The van der Waals surface area contributed by atoms with Gasteiger partial charge in [-0.2, -0.15) is 0 Å². The maximum Gasteiger partial charge on any atom is 0.164 e. The first-order chi connectivity index (χ1) is 23.9. The predicted molar refractivity (Wildman–Crippen MR) is 206 cm³/mol. The van der Waals surface area contributed by atoms with Crippen LogP contribution in [-0.4, -0.2) is 51.5 Å². The lowest BCUT2D eigenvalue weighted by atomic mass is 10.0. The molecule has 0 rings (SSSR count). The molecule has 49 heavy (non-hydrogen) atoms. The summed E-state index contributed by atoms with van der Waals surface area (Å²) in [7, 11) is 0. The van der Waals surface area contributed by atoms with Crippen molar-refractivity contribution in [1.29, 1.82) is 0 Å². The van der Waals surface area contributed by atoms with Gasteiger partial charge in [0, 0.05) is 32.1 Å². The number of ketones is 3. The molecule has 2 unspecified atom stereocenters. The number of carbonyl (C=O) groups excluding carboxylic acids is 3. The Morgan fingerprint density at radius 2 is 0.714 bits per heavy atom. The summed E-state index contributed by atoms with van der Waals surface area (Å²) in [6.07, 6.45) is 39.7. The first kappa shape index (κ1) is 47.6. The van der Waals surface area contributed by atoms with E-state index in [2.05, 4.69) is 19.1 Å². The van der Waals surface area contributed by atoms with E-state index < -0.39 is 18.8 Å². The molecule has 0 heterocycles. The van der Waals surface area contributed by atoms with Crippen LogP contribution in [0, 0.1) is 0 Å². The van der Waals surface area contributed by atoms with Crippen molar-refractivity contribution in [3.63, 3.8) is 0 Å². The minimum atomic E-state index is -1.46. The van der Waals surface area contributed by atoms with E-state index in [9.17, 15) is 24.6 Å².